The molecule has 0 aliphatic rings. The molecule has 20 heavy (non-hydrogen) atoms. The third kappa shape index (κ3) is 3.32. The maximum absolute atomic E-state index is 12.3. The molecule has 3 N–H and O–H groups in total. The van der Waals surface area contributed by atoms with Crippen molar-refractivity contribution in [2.75, 3.05) is 18.2 Å². The zero-order valence-electron chi connectivity index (χ0n) is 10.6. The molecule has 0 bridgehead atoms. The van der Waals surface area contributed by atoms with Crippen molar-refractivity contribution in [3.63, 3.8) is 0 Å². The Morgan fingerprint density at radius 1 is 1.20 bits per heavy atom. The number of rotatable bonds is 3. The van der Waals surface area contributed by atoms with Crippen molar-refractivity contribution in [2.24, 2.45) is 0 Å². The van der Waals surface area contributed by atoms with Gasteiger partial charge in [-0.2, -0.15) is 0 Å². The molecule has 0 unspecified atom stereocenters. The first-order chi connectivity index (χ1) is 9.51. The van der Waals surface area contributed by atoms with E-state index in [1.807, 2.05) is 12.1 Å². The Balaban J connectivity index is 2.30. The van der Waals surface area contributed by atoms with E-state index in [1.54, 1.807) is 24.3 Å². The van der Waals surface area contributed by atoms with E-state index in [0.717, 1.165) is 8.95 Å². The van der Waals surface area contributed by atoms with Crippen LogP contribution in [-0.2, 0) is 0 Å². The van der Waals surface area contributed by atoms with E-state index in [0.29, 0.717) is 22.7 Å². The molecule has 0 heterocycles. The summed E-state index contributed by atoms with van der Waals surface area (Å²) in [6, 6.07) is 10.5. The van der Waals surface area contributed by atoms with E-state index in [1.165, 1.54) is 7.11 Å². The minimum Gasteiger partial charge on any atom is -0.497 e. The SMILES string of the molecule is COc1ccc(N)c(C(=O)Nc2cc(Br)ccc2Br)c1. The molecule has 0 aromatic heterocycles. The van der Waals surface area contributed by atoms with E-state index < -0.39 is 0 Å². The molecule has 6 heteroatoms. The van der Waals surface area contributed by atoms with Gasteiger partial charge in [-0.3, -0.25) is 4.79 Å². The second-order valence-corrected chi connectivity index (χ2v) is 5.80. The van der Waals surface area contributed by atoms with Crippen molar-refractivity contribution in [1.29, 1.82) is 0 Å². The predicted molar refractivity (Wildman–Crippen MR) is 87.2 cm³/mol. The summed E-state index contributed by atoms with van der Waals surface area (Å²) in [5.41, 5.74) is 7.26. The summed E-state index contributed by atoms with van der Waals surface area (Å²) < 4.78 is 6.76. The van der Waals surface area contributed by atoms with E-state index in [4.69, 9.17) is 10.5 Å². The number of carbonyl (C=O) groups excluding carboxylic acids is 1. The van der Waals surface area contributed by atoms with Crippen LogP contribution in [0.2, 0.25) is 0 Å². The van der Waals surface area contributed by atoms with Crippen LogP contribution in [0.5, 0.6) is 5.75 Å². The van der Waals surface area contributed by atoms with E-state index in [9.17, 15) is 4.79 Å². The average molecular weight is 400 g/mol. The number of anilines is 2. The molecule has 0 saturated heterocycles. The molecule has 0 aliphatic heterocycles. The Kier molecular flexibility index (Phi) is 4.67. The molecule has 1 amide bonds. The zero-order chi connectivity index (χ0) is 14.7. The molecule has 0 fully saturated rings. The number of nitrogens with one attached hydrogen (secondary N) is 1. The lowest BCUT2D eigenvalue weighted by molar-refractivity contribution is 0.102. The fourth-order valence-corrected chi connectivity index (χ4v) is 2.35. The molecule has 104 valence electrons. The fourth-order valence-electron chi connectivity index (χ4n) is 1.64. The number of hydrogen-bond donors (Lipinski definition) is 2. The minimum atomic E-state index is -0.291. The Morgan fingerprint density at radius 3 is 2.65 bits per heavy atom. The van der Waals surface area contributed by atoms with Gasteiger partial charge in [-0.15, -0.1) is 0 Å². The topological polar surface area (TPSA) is 64.3 Å². The van der Waals surface area contributed by atoms with Crippen LogP contribution in [0.1, 0.15) is 10.4 Å². The summed E-state index contributed by atoms with van der Waals surface area (Å²) in [4.78, 5) is 12.3. The molecule has 2 aromatic rings. The molecule has 2 rings (SSSR count). The Labute approximate surface area is 133 Å². The first-order valence-electron chi connectivity index (χ1n) is 5.71. The highest BCUT2D eigenvalue weighted by molar-refractivity contribution is 9.11. The Morgan fingerprint density at radius 2 is 1.95 bits per heavy atom. The molecular formula is C14H12Br2N2O2. The first kappa shape index (κ1) is 14.9. The summed E-state index contributed by atoms with van der Waals surface area (Å²) in [6.45, 7) is 0. The van der Waals surface area contributed by atoms with Gasteiger partial charge in [-0.05, 0) is 52.3 Å². The number of methoxy groups -OCH3 is 1. The van der Waals surface area contributed by atoms with Crippen molar-refractivity contribution in [1.82, 2.24) is 0 Å². The van der Waals surface area contributed by atoms with Crippen LogP contribution >= 0.6 is 31.9 Å². The summed E-state index contributed by atoms with van der Waals surface area (Å²) in [6.07, 6.45) is 0. The van der Waals surface area contributed by atoms with Gasteiger partial charge >= 0.3 is 0 Å². The van der Waals surface area contributed by atoms with Crippen molar-refractivity contribution in [2.45, 2.75) is 0 Å². The van der Waals surface area contributed by atoms with Gasteiger partial charge < -0.3 is 15.8 Å². The summed E-state index contributed by atoms with van der Waals surface area (Å²) in [5, 5.41) is 2.81. The van der Waals surface area contributed by atoms with Crippen LogP contribution < -0.4 is 15.8 Å². The van der Waals surface area contributed by atoms with Crippen LogP contribution in [0.3, 0.4) is 0 Å². The summed E-state index contributed by atoms with van der Waals surface area (Å²) >= 11 is 6.75. The molecule has 0 saturated carbocycles. The lowest BCUT2D eigenvalue weighted by atomic mass is 10.1. The van der Waals surface area contributed by atoms with Crippen molar-refractivity contribution in [3.05, 3.63) is 50.9 Å². The fraction of sp³-hybridized carbons (Fsp3) is 0.0714. The standard InChI is InChI=1S/C14H12Br2N2O2/c1-20-9-3-5-12(17)10(7-9)14(19)18-13-6-8(15)2-4-11(13)16/h2-7H,17H2,1H3,(H,18,19). The number of halogens is 2. The molecule has 0 radical (unpaired) electrons. The Hall–Kier alpha value is -1.53. The van der Waals surface area contributed by atoms with Crippen LogP contribution in [-0.4, -0.2) is 13.0 Å². The number of amides is 1. The summed E-state index contributed by atoms with van der Waals surface area (Å²) in [7, 11) is 1.54. The van der Waals surface area contributed by atoms with Gasteiger partial charge in [-0.25, -0.2) is 0 Å². The van der Waals surface area contributed by atoms with E-state index in [-0.39, 0.29) is 5.91 Å². The van der Waals surface area contributed by atoms with Gasteiger partial charge in [0.05, 0.1) is 18.4 Å². The van der Waals surface area contributed by atoms with Gasteiger partial charge in [0.2, 0.25) is 0 Å². The van der Waals surface area contributed by atoms with Crippen LogP contribution in [0.15, 0.2) is 45.3 Å². The van der Waals surface area contributed by atoms with E-state index in [2.05, 4.69) is 37.2 Å². The number of hydrogen-bond acceptors (Lipinski definition) is 3. The number of ether oxygens (including phenoxy) is 1. The number of nitrogens with two attached hydrogens (primary N) is 1. The van der Waals surface area contributed by atoms with E-state index >= 15 is 0 Å². The zero-order valence-corrected chi connectivity index (χ0v) is 13.8. The predicted octanol–water partition coefficient (Wildman–Crippen LogP) is 4.05. The number of nitrogen functional groups attached to an aromatic ring is 1. The summed E-state index contributed by atoms with van der Waals surface area (Å²) in [5.74, 6) is 0.290. The van der Waals surface area contributed by atoms with Gasteiger partial charge in [0.25, 0.3) is 5.91 Å². The molecule has 0 atom stereocenters. The third-order valence-corrected chi connectivity index (χ3v) is 3.87. The maximum atomic E-state index is 12.3. The average Bonchev–Trinajstić information content (AvgIpc) is 2.43. The van der Waals surface area contributed by atoms with Gasteiger partial charge in [0.1, 0.15) is 5.75 Å². The largest absolute Gasteiger partial charge is 0.497 e. The quantitative estimate of drug-likeness (QED) is 0.765. The molecular weight excluding hydrogens is 388 g/mol. The normalized spacial score (nSPS) is 10.2. The third-order valence-electron chi connectivity index (χ3n) is 2.68. The highest BCUT2D eigenvalue weighted by Crippen LogP contribution is 2.27. The van der Waals surface area contributed by atoms with Crippen molar-refractivity contribution >= 4 is 49.1 Å². The minimum absolute atomic E-state index is 0.291. The highest BCUT2D eigenvalue weighted by Gasteiger charge is 2.13. The second kappa shape index (κ2) is 6.28. The highest BCUT2D eigenvalue weighted by atomic mass is 79.9. The van der Waals surface area contributed by atoms with Crippen LogP contribution in [0, 0.1) is 0 Å². The first-order valence-corrected chi connectivity index (χ1v) is 7.30. The van der Waals surface area contributed by atoms with Crippen LogP contribution in [0.25, 0.3) is 0 Å². The van der Waals surface area contributed by atoms with Crippen molar-refractivity contribution < 1.29 is 9.53 Å². The monoisotopic (exact) mass is 398 g/mol. The lowest BCUT2D eigenvalue weighted by Gasteiger charge is -2.10. The van der Waals surface area contributed by atoms with Crippen molar-refractivity contribution in [3.8, 4) is 5.75 Å². The van der Waals surface area contributed by atoms with Gasteiger partial charge in [0, 0.05) is 14.6 Å². The maximum Gasteiger partial charge on any atom is 0.257 e. The molecule has 4 nitrogen and oxygen atoms in total. The van der Waals surface area contributed by atoms with Gasteiger partial charge in [-0.1, -0.05) is 15.9 Å². The van der Waals surface area contributed by atoms with Gasteiger partial charge in [0.15, 0.2) is 0 Å². The molecule has 0 spiro atoms. The molecule has 2 aromatic carbocycles. The number of benzene rings is 2. The lowest BCUT2D eigenvalue weighted by Crippen LogP contribution is -2.14. The second-order valence-electron chi connectivity index (χ2n) is 4.03. The smallest absolute Gasteiger partial charge is 0.257 e. The molecule has 0 aliphatic carbocycles. The Bertz CT molecular complexity index is 660. The number of carbonyl (C=O) groups is 1. The van der Waals surface area contributed by atoms with Crippen LogP contribution in [0.4, 0.5) is 11.4 Å².